The minimum absolute atomic E-state index is 0.0425. The standard InChI is InChI=1S/C16H20F3NOS/c1-2-3-4-8-14(21)20-9-10-22-15(20)12-6-5-7-13(11-12)16(17,18)19/h5-7,11,15H,2-4,8-10H2,1H3/t15-/m0/s1. The number of amides is 1. The second-order valence-corrected chi connectivity index (χ2v) is 6.58. The van der Waals surface area contributed by atoms with Crippen molar-refractivity contribution >= 4 is 17.7 Å². The van der Waals surface area contributed by atoms with Crippen molar-refractivity contribution in [3.8, 4) is 0 Å². The summed E-state index contributed by atoms with van der Waals surface area (Å²) in [5.74, 6) is 0.807. The number of thioether (sulfide) groups is 1. The number of halogens is 3. The summed E-state index contributed by atoms with van der Waals surface area (Å²) >= 11 is 1.53. The van der Waals surface area contributed by atoms with Gasteiger partial charge in [-0.1, -0.05) is 31.9 Å². The highest BCUT2D eigenvalue weighted by Gasteiger charge is 2.34. The van der Waals surface area contributed by atoms with Crippen LogP contribution in [0.25, 0.3) is 0 Å². The molecule has 1 saturated heterocycles. The van der Waals surface area contributed by atoms with Crippen molar-refractivity contribution < 1.29 is 18.0 Å². The summed E-state index contributed by atoms with van der Waals surface area (Å²) in [7, 11) is 0. The van der Waals surface area contributed by atoms with Crippen LogP contribution in [0.3, 0.4) is 0 Å². The molecule has 0 spiro atoms. The summed E-state index contributed by atoms with van der Waals surface area (Å²) in [6, 6.07) is 5.31. The molecule has 22 heavy (non-hydrogen) atoms. The molecule has 2 nitrogen and oxygen atoms in total. The van der Waals surface area contributed by atoms with Crippen molar-refractivity contribution in [1.29, 1.82) is 0 Å². The molecule has 0 N–H and O–H groups in total. The molecule has 2 rings (SSSR count). The normalized spacial score (nSPS) is 18.7. The molecule has 1 atom stereocenters. The minimum Gasteiger partial charge on any atom is -0.326 e. The van der Waals surface area contributed by atoms with Gasteiger partial charge < -0.3 is 4.90 Å². The van der Waals surface area contributed by atoms with E-state index in [1.54, 1.807) is 11.0 Å². The zero-order chi connectivity index (χ0) is 16.2. The van der Waals surface area contributed by atoms with Crippen molar-refractivity contribution in [2.24, 2.45) is 0 Å². The van der Waals surface area contributed by atoms with Crippen molar-refractivity contribution in [3.63, 3.8) is 0 Å². The van der Waals surface area contributed by atoms with E-state index in [-0.39, 0.29) is 11.3 Å². The Kier molecular flexibility index (Phi) is 5.78. The monoisotopic (exact) mass is 331 g/mol. The van der Waals surface area contributed by atoms with Crippen LogP contribution < -0.4 is 0 Å². The summed E-state index contributed by atoms with van der Waals surface area (Å²) in [6.45, 7) is 2.68. The van der Waals surface area contributed by atoms with Crippen LogP contribution in [0.15, 0.2) is 24.3 Å². The lowest BCUT2D eigenvalue weighted by molar-refractivity contribution is -0.137. The molecule has 0 unspecified atom stereocenters. The minimum atomic E-state index is -4.35. The average molecular weight is 331 g/mol. The smallest absolute Gasteiger partial charge is 0.326 e. The van der Waals surface area contributed by atoms with Gasteiger partial charge in [-0.2, -0.15) is 13.2 Å². The first-order valence-corrected chi connectivity index (χ1v) is 8.56. The largest absolute Gasteiger partial charge is 0.416 e. The number of hydrogen-bond donors (Lipinski definition) is 0. The lowest BCUT2D eigenvalue weighted by Crippen LogP contribution is -2.30. The highest BCUT2D eigenvalue weighted by atomic mass is 32.2. The molecule has 1 aromatic rings. The molecule has 1 aromatic carbocycles. The molecule has 0 aromatic heterocycles. The number of benzene rings is 1. The Morgan fingerprint density at radius 3 is 2.82 bits per heavy atom. The highest BCUT2D eigenvalue weighted by molar-refractivity contribution is 7.99. The van der Waals surface area contributed by atoms with E-state index in [4.69, 9.17) is 0 Å². The molecule has 1 aliphatic rings. The molecule has 0 aliphatic carbocycles. The van der Waals surface area contributed by atoms with E-state index in [1.807, 2.05) is 0 Å². The maximum atomic E-state index is 12.8. The van der Waals surface area contributed by atoms with Gasteiger partial charge in [0.25, 0.3) is 0 Å². The third kappa shape index (κ3) is 4.18. The van der Waals surface area contributed by atoms with Gasteiger partial charge in [0, 0.05) is 18.7 Å². The maximum absolute atomic E-state index is 12.8. The van der Waals surface area contributed by atoms with Gasteiger partial charge in [0.1, 0.15) is 5.37 Å². The van der Waals surface area contributed by atoms with Gasteiger partial charge in [0.2, 0.25) is 5.91 Å². The Hall–Kier alpha value is -1.17. The fraction of sp³-hybridized carbons (Fsp3) is 0.562. The molecular weight excluding hydrogens is 311 g/mol. The number of carbonyl (C=O) groups excluding carboxylic acids is 1. The molecule has 6 heteroatoms. The number of rotatable bonds is 5. The van der Waals surface area contributed by atoms with E-state index in [1.165, 1.54) is 17.8 Å². The molecule has 1 amide bonds. The van der Waals surface area contributed by atoms with Crippen LogP contribution in [0.2, 0.25) is 0 Å². The lowest BCUT2D eigenvalue weighted by atomic mass is 10.1. The van der Waals surface area contributed by atoms with Crippen LogP contribution in [0.5, 0.6) is 0 Å². The van der Waals surface area contributed by atoms with Gasteiger partial charge >= 0.3 is 6.18 Å². The van der Waals surface area contributed by atoms with Gasteiger partial charge in [-0.3, -0.25) is 4.79 Å². The fourth-order valence-electron chi connectivity index (χ4n) is 2.54. The molecule has 0 saturated carbocycles. The second kappa shape index (κ2) is 7.40. The molecule has 0 bridgehead atoms. The molecule has 1 aliphatic heterocycles. The Morgan fingerprint density at radius 1 is 1.36 bits per heavy atom. The SMILES string of the molecule is CCCCCC(=O)N1CCS[C@H]1c1cccc(C(F)(F)F)c1. The molecule has 0 radical (unpaired) electrons. The Morgan fingerprint density at radius 2 is 2.14 bits per heavy atom. The Labute approximate surface area is 133 Å². The molecular formula is C16H20F3NOS. The van der Waals surface area contributed by atoms with E-state index in [2.05, 4.69) is 6.92 Å². The summed E-state index contributed by atoms with van der Waals surface area (Å²) in [5, 5.41) is -0.295. The van der Waals surface area contributed by atoms with Gasteiger partial charge in [0.05, 0.1) is 5.56 Å². The van der Waals surface area contributed by atoms with Crippen LogP contribution in [0.1, 0.15) is 49.1 Å². The average Bonchev–Trinajstić information content (AvgIpc) is 2.96. The number of hydrogen-bond acceptors (Lipinski definition) is 2. The maximum Gasteiger partial charge on any atom is 0.416 e. The number of carbonyl (C=O) groups is 1. The highest BCUT2D eigenvalue weighted by Crippen LogP contribution is 2.40. The van der Waals surface area contributed by atoms with E-state index in [0.29, 0.717) is 18.5 Å². The van der Waals surface area contributed by atoms with Crippen molar-refractivity contribution in [2.75, 3.05) is 12.3 Å². The van der Waals surface area contributed by atoms with Crippen molar-refractivity contribution in [3.05, 3.63) is 35.4 Å². The van der Waals surface area contributed by atoms with Gasteiger partial charge in [-0.15, -0.1) is 11.8 Å². The van der Waals surface area contributed by atoms with Crippen molar-refractivity contribution in [2.45, 2.75) is 44.2 Å². The summed E-state index contributed by atoms with van der Waals surface area (Å²) in [5.41, 5.74) is -0.1000. The first-order valence-electron chi connectivity index (χ1n) is 7.51. The van der Waals surface area contributed by atoms with Crippen LogP contribution >= 0.6 is 11.8 Å². The number of nitrogens with zero attached hydrogens (tertiary/aromatic N) is 1. The van der Waals surface area contributed by atoms with Gasteiger partial charge in [0.15, 0.2) is 0 Å². The fourth-order valence-corrected chi connectivity index (χ4v) is 3.81. The van der Waals surface area contributed by atoms with E-state index in [9.17, 15) is 18.0 Å². The van der Waals surface area contributed by atoms with Gasteiger partial charge in [-0.05, 0) is 24.1 Å². The number of alkyl halides is 3. The number of unbranched alkanes of at least 4 members (excludes halogenated alkanes) is 2. The molecule has 1 heterocycles. The van der Waals surface area contributed by atoms with Crippen LogP contribution in [0.4, 0.5) is 13.2 Å². The quantitative estimate of drug-likeness (QED) is 0.718. The van der Waals surface area contributed by atoms with Crippen molar-refractivity contribution in [1.82, 2.24) is 4.90 Å². The zero-order valence-corrected chi connectivity index (χ0v) is 13.3. The summed E-state index contributed by atoms with van der Waals surface area (Å²) < 4.78 is 38.5. The van der Waals surface area contributed by atoms with Crippen LogP contribution in [-0.4, -0.2) is 23.1 Å². The molecule has 1 fully saturated rings. The van der Waals surface area contributed by atoms with Crippen LogP contribution in [0, 0.1) is 0 Å². The first kappa shape index (κ1) is 17.2. The third-order valence-corrected chi connectivity index (χ3v) is 4.97. The lowest BCUT2D eigenvalue weighted by Gasteiger charge is -2.24. The molecule has 122 valence electrons. The van der Waals surface area contributed by atoms with E-state index < -0.39 is 11.7 Å². The second-order valence-electron chi connectivity index (χ2n) is 5.39. The van der Waals surface area contributed by atoms with Gasteiger partial charge in [-0.25, -0.2) is 0 Å². The third-order valence-electron chi connectivity index (χ3n) is 3.70. The van der Waals surface area contributed by atoms with E-state index in [0.717, 1.165) is 37.1 Å². The summed E-state index contributed by atoms with van der Waals surface area (Å²) in [4.78, 5) is 14.0. The first-order chi connectivity index (χ1) is 10.4. The Bertz CT molecular complexity index is 518. The predicted molar refractivity (Wildman–Crippen MR) is 82.5 cm³/mol. The zero-order valence-electron chi connectivity index (χ0n) is 12.5. The van der Waals surface area contributed by atoms with Crippen LogP contribution in [-0.2, 0) is 11.0 Å². The topological polar surface area (TPSA) is 20.3 Å². The summed E-state index contributed by atoms with van der Waals surface area (Å²) in [6.07, 6.45) is -0.995. The predicted octanol–water partition coefficient (Wildman–Crippen LogP) is 4.86. The van der Waals surface area contributed by atoms with E-state index >= 15 is 0 Å². The Balaban J connectivity index is 2.12.